The standard InChI is InChI=1S/C14H19N5O2/c1-8-4-9(2)17-12(16-8)5-13-18-14(21-19-13)11-7-15-6-10(3)20-11/h4,10-11,15H,5-7H2,1-3H3/t10-,11-/m1/s1. The van der Waals surface area contributed by atoms with Crippen LogP contribution in [0.1, 0.15) is 42.0 Å². The minimum absolute atomic E-state index is 0.141. The largest absolute Gasteiger partial charge is 0.363 e. The molecular formula is C14H19N5O2. The zero-order chi connectivity index (χ0) is 14.8. The first-order valence-electron chi connectivity index (χ1n) is 7.10. The SMILES string of the molecule is Cc1cc(C)nc(Cc2noc([C@H]3CNC[C@@H](C)O3)n2)n1. The Labute approximate surface area is 123 Å². The molecule has 1 aliphatic rings. The fourth-order valence-electron chi connectivity index (χ4n) is 2.43. The Morgan fingerprint density at radius 3 is 2.62 bits per heavy atom. The van der Waals surface area contributed by atoms with Gasteiger partial charge < -0.3 is 14.6 Å². The van der Waals surface area contributed by atoms with Gasteiger partial charge in [0.2, 0.25) is 0 Å². The number of aromatic nitrogens is 4. The highest BCUT2D eigenvalue weighted by Crippen LogP contribution is 2.19. The van der Waals surface area contributed by atoms with Gasteiger partial charge in [-0.15, -0.1) is 0 Å². The molecule has 0 bridgehead atoms. The number of rotatable bonds is 3. The summed E-state index contributed by atoms with van der Waals surface area (Å²) < 4.78 is 11.1. The van der Waals surface area contributed by atoms with E-state index in [2.05, 4.69) is 25.4 Å². The van der Waals surface area contributed by atoms with E-state index in [9.17, 15) is 0 Å². The van der Waals surface area contributed by atoms with Crippen molar-refractivity contribution in [2.75, 3.05) is 13.1 Å². The molecule has 0 saturated carbocycles. The number of nitrogens with one attached hydrogen (secondary N) is 1. The lowest BCUT2D eigenvalue weighted by atomic mass is 10.2. The highest BCUT2D eigenvalue weighted by atomic mass is 16.5. The molecule has 7 nitrogen and oxygen atoms in total. The lowest BCUT2D eigenvalue weighted by Gasteiger charge is -2.25. The lowest BCUT2D eigenvalue weighted by Crippen LogP contribution is -2.39. The summed E-state index contributed by atoms with van der Waals surface area (Å²) in [6, 6.07) is 1.94. The van der Waals surface area contributed by atoms with Gasteiger partial charge in [0, 0.05) is 24.5 Å². The number of nitrogens with zero attached hydrogens (tertiary/aromatic N) is 4. The molecule has 2 aromatic rings. The van der Waals surface area contributed by atoms with Gasteiger partial charge in [-0.2, -0.15) is 4.98 Å². The quantitative estimate of drug-likeness (QED) is 0.906. The average Bonchev–Trinajstić information content (AvgIpc) is 2.86. The fourth-order valence-corrected chi connectivity index (χ4v) is 2.43. The maximum Gasteiger partial charge on any atom is 0.257 e. The molecule has 1 N–H and O–H groups in total. The molecule has 0 unspecified atom stereocenters. The second-order valence-corrected chi connectivity index (χ2v) is 5.39. The average molecular weight is 289 g/mol. The molecule has 1 fully saturated rings. The summed E-state index contributed by atoms with van der Waals surface area (Å²) in [5, 5.41) is 7.28. The molecular weight excluding hydrogens is 270 g/mol. The number of morpholine rings is 1. The molecule has 1 saturated heterocycles. The van der Waals surface area contributed by atoms with Gasteiger partial charge in [-0.1, -0.05) is 5.16 Å². The van der Waals surface area contributed by atoms with Crippen LogP contribution in [-0.2, 0) is 11.2 Å². The van der Waals surface area contributed by atoms with Crippen molar-refractivity contribution in [3.05, 3.63) is 35.0 Å². The second-order valence-electron chi connectivity index (χ2n) is 5.39. The third kappa shape index (κ3) is 3.43. The summed E-state index contributed by atoms with van der Waals surface area (Å²) in [5.41, 5.74) is 1.88. The van der Waals surface area contributed by atoms with E-state index in [0.717, 1.165) is 17.9 Å². The van der Waals surface area contributed by atoms with Gasteiger partial charge in [0.25, 0.3) is 5.89 Å². The van der Waals surface area contributed by atoms with Crippen LogP contribution in [0.5, 0.6) is 0 Å². The van der Waals surface area contributed by atoms with Gasteiger partial charge in [-0.3, -0.25) is 0 Å². The molecule has 3 heterocycles. The van der Waals surface area contributed by atoms with E-state index in [0.29, 0.717) is 30.5 Å². The molecule has 21 heavy (non-hydrogen) atoms. The van der Waals surface area contributed by atoms with Crippen LogP contribution < -0.4 is 5.32 Å². The summed E-state index contributed by atoms with van der Waals surface area (Å²) in [4.78, 5) is 13.2. The first-order valence-corrected chi connectivity index (χ1v) is 7.10. The highest BCUT2D eigenvalue weighted by molar-refractivity contribution is 5.11. The van der Waals surface area contributed by atoms with Crippen molar-refractivity contribution < 1.29 is 9.26 Å². The van der Waals surface area contributed by atoms with E-state index in [1.165, 1.54) is 0 Å². The number of hydrogen-bond donors (Lipinski definition) is 1. The maximum atomic E-state index is 5.78. The van der Waals surface area contributed by atoms with Crippen LogP contribution in [0.15, 0.2) is 10.6 Å². The van der Waals surface area contributed by atoms with Gasteiger partial charge in [0.1, 0.15) is 11.9 Å². The molecule has 3 rings (SSSR count). The van der Waals surface area contributed by atoms with Crippen LogP contribution >= 0.6 is 0 Å². The van der Waals surface area contributed by atoms with Gasteiger partial charge in [-0.05, 0) is 26.8 Å². The number of ether oxygens (including phenoxy) is 1. The predicted molar refractivity (Wildman–Crippen MR) is 74.8 cm³/mol. The van der Waals surface area contributed by atoms with Crippen molar-refractivity contribution >= 4 is 0 Å². The smallest absolute Gasteiger partial charge is 0.257 e. The van der Waals surface area contributed by atoms with E-state index >= 15 is 0 Å². The van der Waals surface area contributed by atoms with Crippen molar-refractivity contribution in [2.45, 2.75) is 39.4 Å². The van der Waals surface area contributed by atoms with Crippen molar-refractivity contribution in [2.24, 2.45) is 0 Å². The molecule has 2 atom stereocenters. The van der Waals surface area contributed by atoms with Crippen LogP contribution in [0.25, 0.3) is 0 Å². The summed E-state index contributed by atoms with van der Waals surface area (Å²) in [5.74, 6) is 1.79. The first-order chi connectivity index (χ1) is 10.1. The number of hydrogen-bond acceptors (Lipinski definition) is 7. The molecule has 0 aliphatic carbocycles. The Hall–Kier alpha value is -1.86. The topological polar surface area (TPSA) is 86.0 Å². The molecule has 7 heteroatoms. The third-order valence-corrected chi connectivity index (χ3v) is 3.26. The van der Waals surface area contributed by atoms with Crippen molar-refractivity contribution in [1.29, 1.82) is 0 Å². The summed E-state index contributed by atoms with van der Waals surface area (Å²) in [6.45, 7) is 7.44. The van der Waals surface area contributed by atoms with Gasteiger partial charge in [0.15, 0.2) is 5.82 Å². The monoisotopic (exact) mass is 289 g/mol. The van der Waals surface area contributed by atoms with Crippen molar-refractivity contribution in [1.82, 2.24) is 25.4 Å². The van der Waals surface area contributed by atoms with Crippen LogP contribution in [0.3, 0.4) is 0 Å². The minimum Gasteiger partial charge on any atom is -0.363 e. The Morgan fingerprint density at radius 1 is 1.14 bits per heavy atom. The molecule has 0 amide bonds. The van der Waals surface area contributed by atoms with E-state index in [1.54, 1.807) is 0 Å². The summed E-state index contributed by atoms with van der Waals surface area (Å²) >= 11 is 0. The molecule has 0 radical (unpaired) electrons. The van der Waals surface area contributed by atoms with Crippen molar-refractivity contribution in [3.63, 3.8) is 0 Å². The maximum absolute atomic E-state index is 5.78. The van der Waals surface area contributed by atoms with Crippen LogP contribution in [0.4, 0.5) is 0 Å². The van der Waals surface area contributed by atoms with Crippen LogP contribution in [0.2, 0.25) is 0 Å². The minimum atomic E-state index is -0.185. The highest BCUT2D eigenvalue weighted by Gasteiger charge is 2.25. The van der Waals surface area contributed by atoms with Gasteiger partial charge >= 0.3 is 0 Å². The lowest BCUT2D eigenvalue weighted by molar-refractivity contribution is -0.0438. The molecule has 1 aliphatic heterocycles. The van der Waals surface area contributed by atoms with E-state index < -0.39 is 0 Å². The normalized spacial score (nSPS) is 22.4. The Kier molecular flexibility index (Phi) is 3.94. The number of aryl methyl sites for hydroxylation is 2. The first kappa shape index (κ1) is 14.1. The molecule has 0 spiro atoms. The van der Waals surface area contributed by atoms with Gasteiger partial charge in [0.05, 0.1) is 12.5 Å². The summed E-state index contributed by atoms with van der Waals surface area (Å²) in [7, 11) is 0. The fraction of sp³-hybridized carbons (Fsp3) is 0.571. The Balaban J connectivity index is 1.72. The predicted octanol–water partition coefficient (Wildman–Crippen LogP) is 1.12. The third-order valence-electron chi connectivity index (χ3n) is 3.26. The zero-order valence-electron chi connectivity index (χ0n) is 12.5. The van der Waals surface area contributed by atoms with E-state index in [1.807, 2.05) is 26.8 Å². The van der Waals surface area contributed by atoms with Crippen molar-refractivity contribution in [3.8, 4) is 0 Å². The zero-order valence-corrected chi connectivity index (χ0v) is 12.5. The second kappa shape index (κ2) is 5.87. The van der Waals surface area contributed by atoms with E-state index in [-0.39, 0.29) is 12.2 Å². The van der Waals surface area contributed by atoms with E-state index in [4.69, 9.17) is 9.26 Å². The van der Waals surface area contributed by atoms with Crippen LogP contribution in [0, 0.1) is 13.8 Å². The van der Waals surface area contributed by atoms with Gasteiger partial charge in [-0.25, -0.2) is 9.97 Å². The summed E-state index contributed by atoms with van der Waals surface area (Å²) in [6.07, 6.45) is 0.416. The Morgan fingerprint density at radius 2 is 1.90 bits per heavy atom. The molecule has 2 aromatic heterocycles. The Bertz CT molecular complexity index is 607. The van der Waals surface area contributed by atoms with Crippen LogP contribution in [-0.4, -0.2) is 39.3 Å². The molecule has 112 valence electrons. The molecule has 0 aromatic carbocycles.